The highest BCUT2D eigenvalue weighted by Gasteiger charge is 2.39. The second-order valence-electron chi connectivity index (χ2n) is 6.42. The van der Waals surface area contributed by atoms with Crippen molar-refractivity contribution in [1.29, 1.82) is 0 Å². The van der Waals surface area contributed by atoms with Gasteiger partial charge in [0.2, 0.25) is 18.2 Å². The zero-order chi connectivity index (χ0) is 18.9. The van der Waals surface area contributed by atoms with Crippen LogP contribution in [0.25, 0.3) is 0 Å². The monoisotopic (exact) mass is 369 g/mol. The highest BCUT2D eigenvalue weighted by atomic mass is 19.4. The van der Waals surface area contributed by atoms with Gasteiger partial charge in [-0.2, -0.15) is 13.2 Å². The third-order valence-corrected chi connectivity index (χ3v) is 4.73. The minimum absolute atomic E-state index is 0.0248. The van der Waals surface area contributed by atoms with Gasteiger partial charge in [-0.1, -0.05) is 6.07 Å². The van der Waals surface area contributed by atoms with E-state index in [-0.39, 0.29) is 30.5 Å². The van der Waals surface area contributed by atoms with E-state index in [1.165, 1.54) is 17.0 Å². The molecule has 26 heavy (non-hydrogen) atoms. The zero-order valence-corrected chi connectivity index (χ0v) is 13.9. The summed E-state index contributed by atoms with van der Waals surface area (Å²) in [5.41, 5.74) is -0.687. The molecule has 3 amide bonds. The van der Waals surface area contributed by atoms with Gasteiger partial charge in [-0.3, -0.25) is 14.4 Å². The highest BCUT2D eigenvalue weighted by molar-refractivity contribution is 6.00. The summed E-state index contributed by atoms with van der Waals surface area (Å²) in [6, 6.07) is 4.55. The standard InChI is InChI=1S/C17H18F3N3O3/c18-17(19,20)13-2-1-3-14(9-13)23-10-12(8-15(23)25)16(26)22-6-4-21(11-24)5-7-22/h1-3,9,11-12H,4-8,10H2. The summed E-state index contributed by atoms with van der Waals surface area (Å²) >= 11 is 0. The Morgan fingerprint density at radius 1 is 1.15 bits per heavy atom. The molecule has 2 aliphatic rings. The fraction of sp³-hybridized carbons (Fsp3) is 0.471. The molecule has 0 saturated carbocycles. The Kier molecular flexibility index (Phi) is 4.88. The molecule has 0 bridgehead atoms. The van der Waals surface area contributed by atoms with Crippen molar-refractivity contribution in [3.05, 3.63) is 29.8 Å². The van der Waals surface area contributed by atoms with Crippen LogP contribution in [-0.4, -0.2) is 60.7 Å². The van der Waals surface area contributed by atoms with E-state index in [9.17, 15) is 27.6 Å². The SMILES string of the molecule is O=CN1CCN(C(=O)C2CC(=O)N(c3cccc(C(F)(F)F)c3)C2)CC1. The van der Waals surface area contributed by atoms with Crippen LogP contribution in [0.5, 0.6) is 0 Å². The smallest absolute Gasteiger partial charge is 0.342 e. The quantitative estimate of drug-likeness (QED) is 0.756. The molecule has 1 aromatic carbocycles. The van der Waals surface area contributed by atoms with E-state index in [4.69, 9.17) is 0 Å². The molecule has 0 radical (unpaired) electrons. The average Bonchev–Trinajstić information content (AvgIpc) is 3.02. The van der Waals surface area contributed by atoms with E-state index in [1.54, 1.807) is 9.80 Å². The number of benzene rings is 1. The summed E-state index contributed by atoms with van der Waals surface area (Å²) in [5, 5.41) is 0. The largest absolute Gasteiger partial charge is 0.416 e. The van der Waals surface area contributed by atoms with Crippen molar-refractivity contribution in [3.63, 3.8) is 0 Å². The Hall–Kier alpha value is -2.58. The molecule has 3 rings (SSSR count). The summed E-state index contributed by atoms with van der Waals surface area (Å²) in [6.07, 6.45) is -3.79. The predicted octanol–water partition coefficient (Wildman–Crippen LogP) is 1.36. The molecule has 0 spiro atoms. The Balaban J connectivity index is 1.69. The topological polar surface area (TPSA) is 60.9 Å². The lowest BCUT2D eigenvalue weighted by Gasteiger charge is -2.33. The molecule has 9 heteroatoms. The summed E-state index contributed by atoms with van der Waals surface area (Å²) in [7, 11) is 0. The predicted molar refractivity (Wildman–Crippen MR) is 86.1 cm³/mol. The van der Waals surface area contributed by atoms with Gasteiger partial charge in [0.15, 0.2) is 0 Å². The Bertz CT molecular complexity index is 715. The second kappa shape index (κ2) is 6.97. The van der Waals surface area contributed by atoms with E-state index in [0.717, 1.165) is 18.5 Å². The highest BCUT2D eigenvalue weighted by Crippen LogP contribution is 2.33. The fourth-order valence-electron chi connectivity index (χ4n) is 3.28. The van der Waals surface area contributed by atoms with Crippen LogP contribution in [0.1, 0.15) is 12.0 Å². The van der Waals surface area contributed by atoms with Crippen molar-refractivity contribution in [2.75, 3.05) is 37.6 Å². The number of carbonyl (C=O) groups excluding carboxylic acids is 3. The van der Waals surface area contributed by atoms with Crippen molar-refractivity contribution in [2.45, 2.75) is 12.6 Å². The molecular formula is C17H18F3N3O3. The van der Waals surface area contributed by atoms with Gasteiger partial charge in [-0.15, -0.1) is 0 Å². The first-order valence-electron chi connectivity index (χ1n) is 8.25. The van der Waals surface area contributed by atoms with Crippen LogP contribution in [0.4, 0.5) is 18.9 Å². The van der Waals surface area contributed by atoms with Gasteiger partial charge in [0, 0.05) is 44.8 Å². The van der Waals surface area contributed by atoms with Gasteiger partial charge in [0.25, 0.3) is 0 Å². The van der Waals surface area contributed by atoms with Crippen LogP contribution >= 0.6 is 0 Å². The van der Waals surface area contributed by atoms with Gasteiger partial charge < -0.3 is 14.7 Å². The minimum Gasteiger partial charge on any atom is -0.342 e. The molecule has 2 fully saturated rings. The van der Waals surface area contributed by atoms with Crippen LogP contribution < -0.4 is 4.90 Å². The first kappa shape index (κ1) is 18.2. The number of amides is 3. The first-order valence-corrected chi connectivity index (χ1v) is 8.25. The maximum absolute atomic E-state index is 12.9. The molecule has 2 heterocycles. The number of halogens is 3. The van der Waals surface area contributed by atoms with Crippen LogP contribution in [0.15, 0.2) is 24.3 Å². The van der Waals surface area contributed by atoms with Crippen molar-refractivity contribution in [1.82, 2.24) is 9.80 Å². The molecule has 2 aliphatic heterocycles. The van der Waals surface area contributed by atoms with E-state index in [2.05, 4.69) is 0 Å². The lowest BCUT2D eigenvalue weighted by atomic mass is 10.1. The number of anilines is 1. The normalized spacial score (nSPS) is 21.3. The van der Waals surface area contributed by atoms with Crippen LogP contribution in [-0.2, 0) is 20.6 Å². The lowest BCUT2D eigenvalue weighted by molar-refractivity contribution is -0.139. The molecule has 140 valence electrons. The van der Waals surface area contributed by atoms with E-state index < -0.39 is 17.7 Å². The van der Waals surface area contributed by atoms with Crippen LogP contribution in [0.2, 0.25) is 0 Å². The summed E-state index contributed by atoms with van der Waals surface area (Å²) in [5.74, 6) is -1.15. The maximum atomic E-state index is 12.9. The number of alkyl halides is 3. The number of hydrogen-bond acceptors (Lipinski definition) is 3. The number of rotatable bonds is 3. The molecular weight excluding hydrogens is 351 g/mol. The van der Waals surface area contributed by atoms with Gasteiger partial charge in [-0.25, -0.2) is 0 Å². The summed E-state index contributed by atoms with van der Waals surface area (Å²) in [6.45, 7) is 1.73. The number of piperazine rings is 1. The molecule has 0 N–H and O–H groups in total. The van der Waals surface area contributed by atoms with Gasteiger partial charge in [0.05, 0.1) is 11.5 Å². The molecule has 2 saturated heterocycles. The minimum atomic E-state index is -4.49. The van der Waals surface area contributed by atoms with Crippen molar-refractivity contribution < 1.29 is 27.6 Å². The Labute approximate surface area is 148 Å². The average molecular weight is 369 g/mol. The summed E-state index contributed by atoms with van der Waals surface area (Å²) < 4.78 is 38.6. The maximum Gasteiger partial charge on any atom is 0.416 e. The molecule has 0 aliphatic carbocycles. The van der Waals surface area contributed by atoms with Gasteiger partial charge in [0.1, 0.15) is 0 Å². The van der Waals surface area contributed by atoms with Gasteiger partial charge in [-0.05, 0) is 18.2 Å². The first-order chi connectivity index (χ1) is 12.3. The molecule has 6 nitrogen and oxygen atoms in total. The molecule has 1 aromatic rings. The molecule has 1 atom stereocenters. The van der Waals surface area contributed by atoms with Crippen molar-refractivity contribution in [3.8, 4) is 0 Å². The van der Waals surface area contributed by atoms with Crippen LogP contribution in [0.3, 0.4) is 0 Å². The fourth-order valence-corrected chi connectivity index (χ4v) is 3.28. The van der Waals surface area contributed by atoms with E-state index in [1.807, 2.05) is 0 Å². The number of nitrogens with zero attached hydrogens (tertiary/aromatic N) is 3. The zero-order valence-electron chi connectivity index (χ0n) is 13.9. The van der Waals surface area contributed by atoms with Crippen molar-refractivity contribution >= 4 is 23.9 Å². The second-order valence-corrected chi connectivity index (χ2v) is 6.42. The Morgan fingerprint density at radius 3 is 2.46 bits per heavy atom. The third kappa shape index (κ3) is 3.66. The summed E-state index contributed by atoms with van der Waals surface area (Å²) in [4.78, 5) is 40.0. The number of carbonyl (C=O) groups is 3. The lowest BCUT2D eigenvalue weighted by Crippen LogP contribution is -2.50. The van der Waals surface area contributed by atoms with Crippen molar-refractivity contribution in [2.24, 2.45) is 5.92 Å². The van der Waals surface area contributed by atoms with E-state index in [0.29, 0.717) is 26.2 Å². The van der Waals surface area contributed by atoms with E-state index >= 15 is 0 Å². The third-order valence-electron chi connectivity index (χ3n) is 4.73. The van der Waals surface area contributed by atoms with Gasteiger partial charge >= 0.3 is 6.18 Å². The number of hydrogen-bond donors (Lipinski definition) is 0. The Morgan fingerprint density at radius 2 is 1.85 bits per heavy atom. The molecule has 0 aromatic heterocycles. The van der Waals surface area contributed by atoms with Crippen LogP contribution in [0, 0.1) is 5.92 Å². The molecule has 1 unspecified atom stereocenters.